The molecule has 0 heterocycles. The van der Waals surface area contributed by atoms with Crippen molar-refractivity contribution in [3.63, 3.8) is 0 Å². The van der Waals surface area contributed by atoms with Crippen molar-refractivity contribution in [1.82, 2.24) is 5.32 Å². The van der Waals surface area contributed by atoms with E-state index in [1.54, 1.807) is 26.2 Å². The van der Waals surface area contributed by atoms with Gasteiger partial charge in [-0.2, -0.15) is 0 Å². The number of amides is 1. The van der Waals surface area contributed by atoms with Gasteiger partial charge in [0.25, 0.3) is 5.91 Å². The highest BCUT2D eigenvalue weighted by Crippen LogP contribution is 2.24. The highest BCUT2D eigenvalue weighted by atomic mass is 16.5. The maximum absolute atomic E-state index is 12.1. The summed E-state index contributed by atoms with van der Waals surface area (Å²) in [6.07, 6.45) is -0.608. The Balaban J connectivity index is 1.73. The molecule has 1 atom stereocenters. The molecular formula is C22H29NO4. The van der Waals surface area contributed by atoms with Gasteiger partial charge in [0, 0.05) is 6.07 Å². The lowest BCUT2D eigenvalue weighted by atomic mass is 9.87. The second-order valence-corrected chi connectivity index (χ2v) is 7.35. The number of benzene rings is 2. The predicted molar refractivity (Wildman–Crippen MR) is 107 cm³/mol. The first-order valence-electron chi connectivity index (χ1n) is 9.11. The number of carbonyl (C=O) groups excluding carboxylic acids is 1. The van der Waals surface area contributed by atoms with Crippen LogP contribution in [0, 0.1) is 0 Å². The van der Waals surface area contributed by atoms with Gasteiger partial charge >= 0.3 is 0 Å². The van der Waals surface area contributed by atoms with Crippen molar-refractivity contribution in [2.45, 2.75) is 39.2 Å². The Morgan fingerprint density at radius 1 is 1.04 bits per heavy atom. The SMILES string of the molecule is COc1cccc(OC(C)C(=O)NCCOc2ccc(C(C)(C)C)cc2)c1. The summed E-state index contributed by atoms with van der Waals surface area (Å²) in [6.45, 7) is 9.03. The highest BCUT2D eigenvalue weighted by Gasteiger charge is 2.15. The number of nitrogens with one attached hydrogen (secondary N) is 1. The Hall–Kier alpha value is -2.69. The predicted octanol–water partition coefficient (Wildman–Crippen LogP) is 3.96. The van der Waals surface area contributed by atoms with E-state index in [2.05, 4.69) is 38.2 Å². The summed E-state index contributed by atoms with van der Waals surface area (Å²) in [7, 11) is 1.59. The third-order valence-corrected chi connectivity index (χ3v) is 4.11. The maximum Gasteiger partial charge on any atom is 0.260 e. The Kier molecular flexibility index (Phi) is 7.11. The molecule has 1 unspecified atom stereocenters. The van der Waals surface area contributed by atoms with Crippen molar-refractivity contribution in [3.05, 3.63) is 54.1 Å². The standard InChI is InChI=1S/C22H29NO4/c1-16(27-20-8-6-7-19(15-20)25-5)21(24)23-13-14-26-18-11-9-17(10-12-18)22(2,3)4/h6-12,15-16H,13-14H2,1-5H3,(H,23,24). The fourth-order valence-corrected chi connectivity index (χ4v) is 2.47. The first-order valence-corrected chi connectivity index (χ1v) is 9.11. The zero-order valence-corrected chi connectivity index (χ0v) is 16.7. The minimum absolute atomic E-state index is 0.116. The van der Waals surface area contributed by atoms with Crippen LogP contribution >= 0.6 is 0 Å². The Morgan fingerprint density at radius 3 is 2.33 bits per heavy atom. The van der Waals surface area contributed by atoms with Crippen molar-refractivity contribution >= 4 is 5.91 Å². The van der Waals surface area contributed by atoms with E-state index < -0.39 is 6.10 Å². The van der Waals surface area contributed by atoms with Gasteiger partial charge in [-0.25, -0.2) is 0 Å². The summed E-state index contributed by atoms with van der Waals surface area (Å²) in [5, 5.41) is 2.82. The fraction of sp³-hybridized carbons (Fsp3) is 0.409. The van der Waals surface area contributed by atoms with E-state index in [1.807, 2.05) is 24.3 Å². The van der Waals surface area contributed by atoms with Crippen LogP contribution in [0.15, 0.2) is 48.5 Å². The summed E-state index contributed by atoms with van der Waals surface area (Å²) in [4.78, 5) is 12.1. The molecule has 27 heavy (non-hydrogen) atoms. The van der Waals surface area contributed by atoms with Gasteiger partial charge in [0.05, 0.1) is 13.7 Å². The summed E-state index contributed by atoms with van der Waals surface area (Å²) in [5.74, 6) is 1.88. The van der Waals surface area contributed by atoms with E-state index in [0.29, 0.717) is 24.7 Å². The van der Waals surface area contributed by atoms with Gasteiger partial charge in [-0.3, -0.25) is 4.79 Å². The molecule has 0 aromatic heterocycles. The minimum atomic E-state index is -0.608. The second-order valence-electron chi connectivity index (χ2n) is 7.35. The summed E-state index contributed by atoms with van der Waals surface area (Å²) in [5.41, 5.74) is 1.37. The van der Waals surface area contributed by atoms with Crippen molar-refractivity contribution in [3.8, 4) is 17.2 Å². The lowest BCUT2D eigenvalue weighted by molar-refractivity contribution is -0.127. The topological polar surface area (TPSA) is 56.8 Å². The first kappa shape index (κ1) is 20.6. The molecule has 0 saturated heterocycles. The molecule has 5 heteroatoms. The molecule has 0 fully saturated rings. The second kappa shape index (κ2) is 9.31. The molecule has 2 aromatic rings. The van der Waals surface area contributed by atoms with Crippen molar-refractivity contribution in [1.29, 1.82) is 0 Å². The van der Waals surface area contributed by atoms with Crippen LogP contribution in [-0.2, 0) is 10.2 Å². The molecule has 146 valence electrons. The molecule has 1 N–H and O–H groups in total. The van der Waals surface area contributed by atoms with Gasteiger partial charge in [0.15, 0.2) is 6.10 Å². The minimum Gasteiger partial charge on any atom is -0.497 e. The highest BCUT2D eigenvalue weighted by molar-refractivity contribution is 5.80. The van der Waals surface area contributed by atoms with Crippen LogP contribution in [0.4, 0.5) is 0 Å². The molecule has 0 radical (unpaired) electrons. The maximum atomic E-state index is 12.1. The lowest BCUT2D eigenvalue weighted by Crippen LogP contribution is -2.38. The normalized spacial score (nSPS) is 12.2. The van der Waals surface area contributed by atoms with Gasteiger partial charge in [0.2, 0.25) is 0 Å². The Bertz CT molecular complexity index is 735. The number of hydrogen-bond acceptors (Lipinski definition) is 4. The van der Waals surface area contributed by atoms with Crippen molar-refractivity contribution < 1.29 is 19.0 Å². The smallest absolute Gasteiger partial charge is 0.260 e. The molecule has 2 aromatic carbocycles. The van der Waals surface area contributed by atoms with Gasteiger partial charge in [-0.1, -0.05) is 39.0 Å². The van der Waals surface area contributed by atoms with Crippen molar-refractivity contribution in [2.24, 2.45) is 0 Å². The number of rotatable bonds is 8. The Morgan fingerprint density at radius 2 is 1.70 bits per heavy atom. The monoisotopic (exact) mass is 371 g/mol. The Labute approximate surface area is 161 Å². The zero-order valence-electron chi connectivity index (χ0n) is 16.7. The van der Waals surface area contributed by atoms with Crippen LogP contribution in [0.5, 0.6) is 17.2 Å². The average molecular weight is 371 g/mol. The number of methoxy groups -OCH3 is 1. The largest absolute Gasteiger partial charge is 0.497 e. The summed E-state index contributed by atoms with van der Waals surface area (Å²) < 4.78 is 16.5. The van der Waals surface area contributed by atoms with Gasteiger partial charge in [0.1, 0.15) is 23.9 Å². The van der Waals surface area contributed by atoms with Gasteiger partial charge in [-0.05, 0) is 42.2 Å². The van der Waals surface area contributed by atoms with E-state index in [9.17, 15) is 4.79 Å². The van der Waals surface area contributed by atoms with E-state index in [-0.39, 0.29) is 11.3 Å². The van der Waals surface area contributed by atoms with Crippen LogP contribution in [0.25, 0.3) is 0 Å². The lowest BCUT2D eigenvalue weighted by Gasteiger charge is -2.19. The number of carbonyl (C=O) groups is 1. The third-order valence-electron chi connectivity index (χ3n) is 4.11. The first-order chi connectivity index (χ1) is 12.8. The molecule has 0 bridgehead atoms. The molecule has 5 nitrogen and oxygen atoms in total. The quantitative estimate of drug-likeness (QED) is 0.714. The molecule has 2 rings (SSSR count). The zero-order chi connectivity index (χ0) is 19.9. The molecule has 0 spiro atoms. The van der Waals surface area contributed by atoms with E-state index in [1.165, 1.54) is 5.56 Å². The van der Waals surface area contributed by atoms with Crippen LogP contribution in [0.1, 0.15) is 33.3 Å². The van der Waals surface area contributed by atoms with Crippen LogP contribution < -0.4 is 19.5 Å². The molecule has 0 saturated carbocycles. The van der Waals surface area contributed by atoms with Crippen LogP contribution in [0.2, 0.25) is 0 Å². The molecule has 0 aliphatic carbocycles. The summed E-state index contributed by atoms with van der Waals surface area (Å²) >= 11 is 0. The molecule has 0 aliphatic heterocycles. The van der Waals surface area contributed by atoms with E-state index in [4.69, 9.17) is 14.2 Å². The van der Waals surface area contributed by atoms with Crippen LogP contribution in [0.3, 0.4) is 0 Å². The average Bonchev–Trinajstić information content (AvgIpc) is 2.64. The van der Waals surface area contributed by atoms with E-state index >= 15 is 0 Å². The van der Waals surface area contributed by atoms with Gasteiger partial charge < -0.3 is 19.5 Å². The van der Waals surface area contributed by atoms with Gasteiger partial charge in [-0.15, -0.1) is 0 Å². The molecule has 1 amide bonds. The third kappa shape index (κ3) is 6.51. The number of hydrogen-bond donors (Lipinski definition) is 1. The fourth-order valence-electron chi connectivity index (χ4n) is 2.47. The van der Waals surface area contributed by atoms with E-state index in [0.717, 1.165) is 5.75 Å². The van der Waals surface area contributed by atoms with Crippen LogP contribution in [-0.4, -0.2) is 32.3 Å². The molecule has 0 aliphatic rings. The summed E-state index contributed by atoms with van der Waals surface area (Å²) in [6, 6.07) is 15.2. The number of ether oxygens (including phenoxy) is 3. The molecular weight excluding hydrogens is 342 g/mol. The van der Waals surface area contributed by atoms with Crippen molar-refractivity contribution in [2.75, 3.05) is 20.3 Å².